The van der Waals surface area contributed by atoms with Gasteiger partial charge in [-0.15, -0.1) is 0 Å². The first-order valence-electron chi connectivity index (χ1n) is 15.6. The fourth-order valence-electron chi connectivity index (χ4n) is 4.84. The molecule has 0 bridgehead atoms. The first-order valence-corrected chi connectivity index (χ1v) is 21.4. The summed E-state index contributed by atoms with van der Waals surface area (Å²) in [6.45, 7) is 25.1. The predicted molar refractivity (Wildman–Crippen MR) is 169 cm³/mol. The Kier molecular flexibility index (Phi) is 14.4. The quantitative estimate of drug-likeness (QED) is 0.105. The number of aliphatic carboxylic acids is 1. The number of carbonyl (C=O) groups is 2. The van der Waals surface area contributed by atoms with Gasteiger partial charge >= 0.3 is 5.97 Å². The number of hydrogen-bond acceptors (Lipinski definition) is 4. The number of unbranched alkanes of at least 4 members (excludes halogenated alkanes) is 5. The molecular formula is C32H62O5Si2. The second-order valence-electron chi connectivity index (χ2n) is 14.9. The Labute approximate surface area is 243 Å². The lowest BCUT2D eigenvalue weighted by Gasteiger charge is -2.40. The van der Waals surface area contributed by atoms with Crippen LogP contribution in [0.1, 0.15) is 119 Å². The molecule has 0 heterocycles. The topological polar surface area (TPSA) is 72.8 Å². The van der Waals surface area contributed by atoms with Gasteiger partial charge in [0.15, 0.2) is 16.6 Å². The van der Waals surface area contributed by atoms with E-state index in [4.69, 9.17) is 14.0 Å². The van der Waals surface area contributed by atoms with Crippen molar-refractivity contribution in [1.82, 2.24) is 0 Å². The van der Waals surface area contributed by atoms with Crippen molar-refractivity contribution in [1.29, 1.82) is 0 Å². The molecule has 1 saturated carbocycles. The Hall–Kier alpha value is -0.766. The van der Waals surface area contributed by atoms with Gasteiger partial charge < -0.3 is 14.0 Å². The molecule has 0 aromatic heterocycles. The lowest BCUT2D eigenvalue weighted by Crippen LogP contribution is -2.45. The fourth-order valence-corrected chi connectivity index (χ4v) is 7.50. The van der Waals surface area contributed by atoms with Crippen LogP contribution in [-0.2, 0) is 18.4 Å². The van der Waals surface area contributed by atoms with Crippen LogP contribution in [0.15, 0.2) is 12.2 Å². The van der Waals surface area contributed by atoms with E-state index in [2.05, 4.69) is 86.8 Å². The Bertz CT molecular complexity index is 791. The summed E-state index contributed by atoms with van der Waals surface area (Å²) in [5.41, 5.74) is 0. The number of carbonyl (C=O) groups excluding carboxylic acids is 1. The van der Waals surface area contributed by atoms with Gasteiger partial charge in [0.25, 0.3) is 0 Å². The van der Waals surface area contributed by atoms with Crippen molar-refractivity contribution in [3.63, 3.8) is 0 Å². The zero-order chi connectivity index (χ0) is 30.1. The molecule has 1 aliphatic carbocycles. The summed E-state index contributed by atoms with van der Waals surface area (Å²) in [7, 11) is -3.98. The Balaban J connectivity index is 3.17. The summed E-state index contributed by atoms with van der Waals surface area (Å²) in [5, 5.41) is 9.13. The highest BCUT2D eigenvalue weighted by atomic mass is 28.4. The molecule has 0 amide bonds. The third-order valence-electron chi connectivity index (χ3n) is 9.51. The van der Waals surface area contributed by atoms with Crippen LogP contribution in [0.4, 0.5) is 0 Å². The molecule has 228 valence electrons. The maximum Gasteiger partial charge on any atom is 0.303 e. The lowest BCUT2D eigenvalue weighted by atomic mass is 9.88. The van der Waals surface area contributed by atoms with E-state index in [0.29, 0.717) is 18.6 Å². The monoisotopic (exact) mass is 582 g/mol. The largest absolute Gasteiger partial charge is 0.481 e. The van der Waals surface area contributed by atoms with Crippen LogP contribution in [0.3, 0.4) is 0 Å². The van der Waals surface area contributed by atoms with Crippen LogP contribution >= 0.6 is 0 Å². The highest BCUT2D eigenvalue weighted by Gasteiger charge is 2.47. The fraction of sp³-hybridized carbons (Fsp3) is 0.875. The summed E-state index contributed by atoms with van der Waals surface area (Å²) in [6, 6.07) is 0. The highest BCUT2D eigenvalue weighted by Crippen LogP contribution is 2.43. The molecule has 1 rings (SSSR count). The molecule has 0 aromatic carbocycles. The molecule has 1 N–H and O–H groups in total. The van der Waals surface area contributed by atoms with Crippen LogP contribution in [-0.4, -0.2) is 45.7 Å². The molecule has 39 heavy (non-hydrogen) atoms. The maximum atomic E-state index is 13.4. The van der Waals surface area contributed by atoms with Gasteiger partial charge in [0.05, 0.1) is 12.2 Å². The van der Waals surface area contributed by atoms with Crippen LogP contribution in [0, 0.1) is 11.8 Å². The SMILES string of the molecule is CCCCC[C@@H](/C=C/[C@H]1[C@H](O[Si](C)(C)C(C)(C)C)CC(=O)[C@@H]1CCCCCCC(=O)O)O[Si](C)(C)C(C)(C)C. The van der Waals surface area contributed by atoms with Gasteiger partial charge in [0.2, 0.25) is 0 Å². The van der Waals surface area contributed by atoms with Gasteiger partial charge in [-0.3, -0.25) is 9.59 Å². The maximum absolute atomic E-state index is 13.4. The molecule has 0 radical (unpaired) electrons. The zero-order valence-electron chi connectivity index (χ0n) is 27.3. The normalized spacial score (nSPS) is 22.1. The zero-order valence-corrected chi connectivity index (χ0v) is 29.3. The molecule has 1 aliphatic rings. The Morgan fingerprint density at radius 3 is 2.08 bits per heavy atom. The molecule has 0 unspecified atom stereocenters. The van der Waals surface area contributed by atoms with E-state index in [9.17, 15) is 9.59 Å². The number of hydrogen-bond donors (Lipinski definition) is 1. The van der Waals surface area contributed by atoms with Gasteiger partial charge in [-0.1, -0.05) is 99.1 Å². The van der Waals surface area contributed by atoms with Crippen molar-refractivity contribution in [2.45, 2.75) is 168 Å². The van der Waals surface area contributed by atoms with Crippen molar-refractivity contribution >= 4 is 28.4 Å². The van der Waals surface area contributed by atoms with Gasteiger partial charge in [-0.2, -0.15) is 0 Å². The number of carboxylic acids is 1. The van der Waals surface area contributed by atoms with E-state index in [1.54, 1.807) is 0 Å². The molecule has 5 nitrogen and oxygen atoms in total. The standard InChI is InChI=1S/C32H62O5Si2/c1-12-13-16-19-25(36-38(8,9)31(2,3)4)22-23-27-26(20-17-14-15-18-21-30(34)35)28(33)24-29(27)37-39(10,11)32(5,6)7/h22-23,25-27,29H,12-21,24H2,1-11H3,(H,34,35)/b23-22+/t25-,26+,27+,29+/m0/s1. The third-order valence-corrected chi connectivity index (χ3v) is 18.5. The minimum Gasteiger partial charge on any atom is -0.481 e. The third kappa shape index (κ3) is 11.9. The van der Waals surface area contributed by atoms with Crippen molar-refractivity contribution < 1.29 is 23.5 Å². The summed E-state index contributed by atoms with van der Waals surface area (Å²) < 4.78 is 13.8. The van der Waals surface area contributed by atoms with Gasteiger partial charge in [-0.25, -0.2) is 0 Å². The van der Waals surface area contributed by atoms with Crippen molar-refractivity contribution in [3.8, 4) is 0 Å². The second-order valence-corrected chi connectivity index (χ2v) is 24.4. The minimum atomic E-state index is -2.04. The smallest absolute Gasteiger partial charge is 0.303 e. The Morgan fingerprint density at radius 1 is 0.949 bits per heavy atom. The van der Waals surface area contributed by atoms with E-state index in [1.165, 1.54) is 12.8 Å². The number of ketones is 1. The molecular weight excluding hydrogens is 521 g/mol. The number of rotatable bonds is 17. The van der Waals surface area contributed by atoms with Crippen LogP contribution in [0.2, 0.25) is 36.3 Å². The summed E-state index contributed by atoms with van der Waals surface area (Å²) in [5.74, 6) is -0.362. The van der Waals surface area contributed by atoms with Crippen LogP contribution < -0.4 is 0 Å². The van der Waals surface area contributed by atoms with Gasteiger partial charge in [-0.05, 0) is 55.5 Å². The van der Waals surface area contributed by atoms with Crippen molar-refractivity contribution in [2.75, 3.05) is 0 Å². The molecule has 1 fully saturated rings. The average molecular weight is 583 g/mol. The minimum absolute atomic E-state index is 0.0281. The summed E-state index contributed by atoms with van der Waals surface area (Å²) in [6.07, 6.45) is 14.2. The van der Waals surface area contributed by atoms with E-state index in [1.807, 2.05) is 0 Å². The van der Waals surface area contributed by atoms with Gasteiger partial charge in [0.1, 0.15) is 5.78 Å². The number of Topliss-reactive ketones (excluding diaryl/α,β-unsaturated/α-hetero) is 1. The van der Waals surface area contributed by atoms with Crippen LogP contribution in [0.5, 0.6) is 0 Å². The average Bonchev–Trinajstić information content (AvgIpc) is 3.05. The second kappa shape index (κ2) is 15.5. The first kappa shape index (κ1) is 36.3. The number of carboxylic acid groups (broad SMARTS) is 1. The highest BCUT2D eigenvalue weighted by molar-refractivity contribution is 6.74. The van der Waals surface area contributed by atoms with E-state index in [-0.39, 0.29) is 40.5 Å². The molecule has 7 heteroatoms. The van der Waals surface area contributed by atoms with Crippen molar-refractivity contribution in [3.05, 3.63) is 12.2 Å². The molecule has 0 saturated heterocycles. The first-order chi connectivity index (χ1) is 17.8. The molecule has 0 aliphatic heterocycles. The van der Waals surface area contributed by atoms with Gasteiger partial charge in [0, 0.05) is 24.7 Å². The van der Waals surface area contributed by atoms with E-state index >= 15 is 0 Å². The van der Waals surface area contributed by atoms with Crippen LogP contribution in [0.25, 0.3) is 0 Å². The summed E-state index contributed by atoms with van der Waals surface area (Å²) >= 11 is 0. The predicted octanol–water partition coefficient (Wildman–Crippen LogP) is 9.53. The van der Waals surface area contributed by atoms with E-state index in [0.717, 1.165) is 38.5 Å². The molecule has 4 atom stereocenters. The van der Waals surface area contributed by atoms with E-state index < -0.39 is 22.6 Å². The lowest BCUT2D eigenvalue weighted by molar-refractivity contribution is -0.137. The molecule has 0 aromatic rings. The van der Waals surface area contributed by atoms with Crippen molar-refractivity contribution in [2.24, 2.45) is 11.8 Å². The Morgan fingerprint density at radius 2 is 1.54 bits per heavy atom. The summed E-state index contributed by atoms with van der Waals surface area (Å²) in [4.78, 5) is 24.2. The molecule has 0 spiro atoms.